The first-order valence-corrected chi connectivity index (χ1v) is 6.47. The van der Waals surface area contributed by atoms with Crippen molar-refractivity contribution < 1.29 is 24.3 Å². The van der Waals surface area contributed by atoms with Crippen molar-refractivity contribution in [3.8, 4) is 0 Å². The molecule has 1 atom stereocenters. The van der Waals surface area contributed by atoms with Crippen LogP contribution < -0.4 is 16.0 Å². The summed E-state index contributed by atoms with van der Waals surface area (Å²) in [5.41, 5.74) is 0.728. The number of aliphatic carboxylic acids is 1. The predicted octanol–water partition coefficient (Wildman–Crippen LogP) is -0.0359. The van der Waals surface area contributed by atoms with Crippen LogP contribution in [0.25, 0.3) is 0 Å². The van der Waals surface area contributed by atoms with Gasteiger partial charge < -0.3 is 21.1 Å². The van der Waals surface area contributed by atoms with Crippen LogP contribution in [0.1, 0.15) is 24.2 Å². The van der Waals surface area contributed by atoms with Gasteiger partial charge >= 0.3 is 5.97 Å². The lowest BCUT2D eigenvalue weighted by Gasteiger charge is -2.13. The van der Waals surface area contributed by atoms with E-state index >= 15 is 0 Å². The smallest absolute Gasteiger partial charge is 0.322 e. The fourth-order valence-electron chi connectivity index (χ4n) is 1.58. The highest BCUT2D eigenvalue weighted by Crippen LogP contribution is 2.10. The summed E-state index contributed by atoms with van der Waals surface area (Å²) in [5.74, 6) is -2.36. The quantitative estimate of drug-likeness (QED) is 0.587. The number of anilines is 1. The van der Waals surface area contributed by atoms with Crippen molar-refractivity contribution in [2.75, 3.05) is 11.9 Å². The number of hydrogen-bond acceptors (Lipinski definition) is 4. The van der Waals surface area contributed by atoms with E-state index in [0.29, 0.717) is 5.69 Å². The van der Waals surface area contributed by atoms with E-state index in [4.69, 9.17) is 5.11 Å². The average Bonchev–Trinajstić information content (AvgIpc) is 2.44. The highest BCUT2D eigenvalue weighted by molar-refractivity contribution is 5.98. The molecule has 3 amide bonds. The number of amides is 3. The molecule has 0 saturated carbocycles. The topological polar surface area (TPSA) is 125 Å². The maximum Gasteiger partial charge on any atom is 0.322 e. The minimum absolute atomic E-state index is 0.272. The highest BCUT2D eigenvalue weighted by atomic mass is 16.4. The van der Waals surface area contributed by atoms with Gasteiger partial charge in [0.25, 0.3) is 5.91 Å². The lowest BCUT2D eigenvalue weighted by molar-refractivity contribution is -0.135. The van der Waals surface area contributed by atoms with Crippen LogP contribution in [0, 0.1) is 0 Å². The summed E-state index contributed by atoms with van der Waals surface area (Å²) in [4.78, 5) is 44.6. The molecule has 0 heterocycles. The molecule has 0 aliphatic rings. The van der Waals surface area contributed by atoms with Crippen LogP contribution in [-0.4, -0.2) is 41.4 Å². The molecule has 8 nitrogen and oxygen atoms in total. The Morgan fingerprint density at radius 2 is 1.73 bits per heavy atom. The first kappa shape index (κ1) is 17.2. The van der Waals surface area contributed by atoms with Crippen molar-refractivity contribution in [3.63, 3.8) is 0 Å². The minimum Gasteiger partial charge on any atom is -0.480 e. The molecular weight excluding hydrogens is 290 g/mol. The maximum absolute atomic E-state index is 11.8. The van der Waals surface area contributed by atoms with Crippen LogP contribution >= 0.6 is 0 Å². The van der Waals surface area contributed by atoms with Crippen LogP contribution in [-0.2, 0) is 14.4 Å². The van der Waals surface area contributed by atoms with Crippen LogP contribution in [0.15, 0.2) is 24.3 Å². The molecule has 0 aromatic heterocycles. The summed E-state index contributed by atoms with van der Waals surface area (Å²) >= 11 is 0. The molecule has 8 heteroatoms. The maximum atomic E-state index is 11.8. The van der Waals surface area contributed by atoms with Gasteiger partial charge in [-0.2, -0.15) is 0 Å². The number of carboxylic acid groups (broad SMARTS) is 1. The monoisotopic (exact) mass is 307 g/mol. The third kappa shape index (κ3) is 5.61. The van der Waals surface area contributed by atoms with Crippen molar-refractivity contribution in [2.45, 2.75) is 19.9 Å². The van der Waals surface area contributed by atoms with Gasteiger partial charge in [0.15, 0.2) is 0 Å². The van der Waals surface area contributed by atoms with Gasteiger partial charge in [0.05, 0.1) is 0 Å². The number of carbonyl (C=O) groups excluding carboxylic acids is 3. The zero-order chi connectivity index (χ0) is 16.7. The van der Waals surface area contributed by atoms with Gasteiger partial charge in [0.1, 0.15) is 12.6 Å². The number of benzene rings is 1. The fraction of sp³-hybridized carbons (Fsp3) is 0.286. The van der Waals surface area contributed by atoms with Crippen molar-refractivity contribution >= 4 is 29.4 Å². The van der Waals surface area contributed by atoms with Crippen molar-refractivity contribution in [1.82, 2.24) is 10.6 Å². The van der Waals surface area contributed by atoms with Gasteiger partial charge in [-0.25, -0.2) is 0 Å². The van der Waals surface area contributed by atoms with Gasteiger partial charge in [0, 0.05) is 18.2 Å². The molecular formula is C14H17N3O5. The first-order valence-electron chi connectivity index (χ1n) is 6.47. The number of hydrogen-bond donors (Lipinski definition) is 4. The van der Waals surface area contributed by atoms with Gasteiger partial charge in [-0.15, -0.1) is 0 Å². The first-order chi connectivity index (χ1) is 10.3. The summed E-state index contributed by atoms with van der Waals surface area (Å²) < 4.78 is 0. The van der Waals surface area contributed by atoms with E-state index in [0.717, 1.165) is 0 Å². The van der Waals surface area contributed by atoms with E-state index in [1.165, 1.54) is 31.2 Å². The Morgan fingerprint density at radius 3 is 2.23 bits per heavy atom. The molecule has 0 bridgehead atoms. The summed E-state index contributed by atoms with van der Waals surface area (Å²) in [7, 11) is 0. The second-order valence-electron chi connectivity index (χ2n) is 4.57. The zero-order valence-electron chi connectivity index (χ0n) is 12.2. The number of rotatable bonds is 6. The van der Waals surface area contributed by atoms with Crippen LogP contribution in [0.5, 0.6) is 0 Å². The highest BCUT2D eigenvalue weighted by Gasteiger charge is 2.14. The second-order valence-corrected chi connectivity index (χ2v) is 4.57. The molecule has 0 fully saturated rings. The molecule has 4 N–H and O–H groups in total. The fourth-order valence-corrected chi connectivity index (χ4v) is 1.58. The molecule has 0 aliphatic heterocycles. The molecule has 1 aromatic rings. The SMILES string of the molecule is CC(=O)NC(C)C(=O)Nc1ccc(C(=O)NCC(=O)O)cc1. The van der Waals surface area contributed by atoms with E-state index < -0.39 is 30.4 Å². The van der Waals surface area contributed by atoms with E-state index in [-0.39, 0.29) is 11.5 Å². The predicted molar refractivity (Wildman–Crippen MR) is 78.3 cm³/mol. The van der Waals surface area contributed by atoms with E-state index in [9.17, 15) is 19.2 Å². The number of nitrogens with one attached hydrogen (secondary N) is 3. The Balaban J connectivity index is 2.61. The van der Waals surface area contributed by atoms with Gasteiger partial charge in [-0.1, -0.05) is 0 Å². The molecule has 1 rings (SSSR count). The summed E-state index contributed by atoms with van der Waals surface area (Å²) in [6, 6.07) is 5.24. The molecule has 0 spiro atoms. The Hall–Kier alpha value is -2.90. The van der Waals surface area contributed by atoms with Gasteiger partial charge in [-0.3, -0.25) is 19.2 Å². The normalized spacial score (nSPS) is 11.2. The largest absolute Gasteiger partial charge is 0.480 e. The molecule has 1 aromatic carbocycles. The molecule has 118 valence electrons. The molecule has 0 saturated heterocycles. The third-order valence-electron chi connectivity index (χ3n) is 2.63. The van der Waals surface area contributed by atoms with Crippen LogP contribution in [0.2, 0.25) is 0 Å². The average molecular weight is 307 g/mol. The standard InChI is InChI=1S/C14H17N3O5/c1-8(16-9(2)18)13(21)17-11-5-3-10(4-6-11)14(22)15-7-12(19)20/h3-6,8H,7H2,1-2H3,(H,15,22)(H,16,18)(H,17,21)(H,19,20). The van der Waals surface area contributed by atoms with Crippen LogP contribution in [0.4, 0.5) is 5.69 Å². The molecule has 1 unspecified atom stereocenters. The number of carboxylic acids is 1. The van der Waals surface area contributed by atoms with E-state index in [1.54, 1.807) is 6.92 Å². The second kappa shape index (κ2) is 7.77. The summed E-state index contributed by atoms with van der Waals surface area (Å²) in [6.45, 7) is 2.39. The van der Waals surface area contributed by atoms with Crippen LogP contribution in [0.3, 0.4) is 0 Å². The molecule has 22 heavy (non-hydrogen) atoms. The molecule has 0 aliphatic carbocycles. The summed E-state index contributed by atoms with van der Waals surface area (Å²) in [5, 5.41) is 15.7. The van der Waals surface area contributed by atoms with E-state index in [1.807, 2.05) is 0 Å². The Morgan fingerprint density at radius 1 is 1.14 bits per heavy atom. The number of carbonyl (C=O) groups is 4. The lowest BCUT2D eigenvalue weighted by Crippen LogP contribution is -2.40. The third-order valence-corrected chi connectivity index (χ3v) is 2.63. The lowest BCUT2D eigenvalue weighted by atomic mass is 10.2. The van der Waals surface area contributed by atoms with Crippen molar-refractivity contribution in [1.29, 1.82) is 0 Å². The Labute approximate surface area is 126 Å². The summed E-state index contributed by atoms with van der Waals surface area (Å²) in [6.07, 6.45) is 0. The van der Waals surface area contributed by atoms with Crippen molar-refractivity contribution in [2.24, 2.45) is 0 Å². The zero-order valence-corrected chi connectivity index (χ0v) is 12.2. The van der Waals surface area contributed by atoms with Crippen molar-refractivity contribution in [3.05, 3.63) is 29.8 Å². The molecule has 0 radical (unpaired) electrons. The Bertz CT molecular complexity index is 583. The van der Waals surface area contributed by atoms with Gasteiger partial charge in [-0.05, 0) is 31.2 Å². The van der Waals surface area contributed by atoms with Gasteiger partial charge in [0.2, 0.25) is 11.8 Å². The minimum atomic E-state index is -1.14. The Kier molecular flexibility index (Phi) is 6.06. The van der Waals surface area contributed by atoms with E-state index in [2.05, 4.69) is 16.0 Å².